The Kier molecular flexibility index (Phi) is 4.06. The number of nitrogens with zero attached hydrogens (tertiary/aromatic N) is 1. The third-order valence-electron chi connectivity index (χ3n) is 3.34. The first-order valence-electron chi connectivity index (χ1n) is 6.99. The summed E-state index contributed by atoms with van der Waals surface area (Å²) in [6.45, 7) is 2.57. The number of aryl methyl sites for hydroxylation is 1. The van der Waals surface area contributed by atoms with E-state index in [1.54, 1.807) is 17.4 Å². The molecule has 0 aliphatic heterocycles. The maximum atomic E-state index is 12.0. The number of carbonyl (C=O) groups is 1. The normalized spacial score (nSPS) is 11.0. The van der Waals surface area contributed by atoms with Gasteiger partial charge in [-0.1, -0.05) is 6.07 Å². The van der Waals surface area contributed by atoms with Crippen molar-refractivity contribution in [3.8, 4) is 0 Å². The zero-order chi connectivity index (χ0) is 15.5. The number of nitrogens with one attached hydrogen (secondary N) is 3. The minimum absolute atomic E-state index is 0.143. The fraction of sp³-hybridized carbons (Fsp3) is 0.267. The second kappa shape index (κ2) is 6.15. The number of aromatic amines is 2. The fourth-order valence-electron chi connectivity index (χ4n) is 2.26. The molecule has 3 rings (SSSR count). The monoisotopic (exact) mass is 316 g/mol. The first-order valence-corrected chi connectivity index (χ1v) is 7.81. The zero-order valence-electron chi connectivity index (χ0n) is 12.1. The molecule has 0 radical (unpaired) electrons. The van der Waals surface area contributed by atoms with E-state index in [4.69, 9.17) is 0 Å². The van der Waals surface area contributed by atoms with Crippen molar-refractivity contribution in [2.24, 2.45) is 0 Å². The van der Waals surface area contributed by atoms with Gasteiger partial charge in [0.05, 0.1) is 10.9 Å². The summed E-state index contributed by atoms with van der Waals surface area (Å²) in [4.78, 5) is 28.8. The van der Waals surface area contributed by atoms with Gasteiger partial charge in [-0.2, -0.15) is 0 Å². The average Bonchev–Trinajstić information content (AvgIpc) is 3.05. The number of hydrogen-bond acceptors (Lipinski definition) is 5. The lowest BCUT2D eigenvalue weighted by atomic mass is 10.1. The molecule has 3 N–H and O–H groups in total. The van der Waals surface area contributed by atoms with E-state index in [-0.39, 0.29) is 11.3 Å². The summed E-state index contributed by atoms with van der Waals surface area (Å²) < 4.78 is 0. The van der Waals surface area contributed by atoms with Gasteiger partial charge in [0.15, 0.2) is 5.13 Å². The van der Waals surface area contributed by atoms with Gasteiger partial charge in [-0.05, 0) is 24.6 Å². The van der Waals surface area contributed by atoms with Crippen LogP contribution in [0, 0.1) is 6.92 Å². The average molecular weight is 316 g/mol. The molecule has 7 heteroatoms. The molecule has 0 aliphatic carbocycles. The van der Waals surface area contributed by atoms with Crippen molar-refractivity contribution in [1.82, 2.24) is 15.2 Å². The van der Waals surface area contributed by atoms with Gasteiger partial charge in [0.25, 0.3) is 5.56 Å². The summed E-state index contributed by atoms with van der Waals surface area (Å²) >= 11 is 1.58. The Morgan fingerprint density at radius 3 is 3.00 bits per heavy atom. The Morgan fingerprint density at radius 1 is 1.36 bits per heavy atom. The summed E-state index contributed by atoms with van der Waals surface area (Å²) in [6.07, 6.45) is 2.61. The minimum Gasteiger partial charge on any atom is -0.361 e. The lowest BCUT2D eigenvalue weighted by Crippen LogP contribution is -2.10. The largest absolute Gasteiger partial charge is 0.361 e. The van der Waals surface area contributed by atoms with E-state index in [0.29, 0.717) is 24.8 Å². The van der Waals surface area contributed by atoms with Crippen LogP contribution in [0.2, 0.25) is 0 Å². The number of anilines is 1. The van der Waals surface area contributed by atoms with Gasteiger partial charge in [0.2, 0.25) is 0 Å². The van der Waals surface area contributed by atoms with E-state index < -0.39 is 0 Å². The molecule has 0 atom stereocenters. The number of rotatable bonds is 6. The maximum absolute atomic E-state index is 12.0. The number of H-pyrrole nitrogens is 2. The van der Waals surface area contributed by atoms with E-state index >= 15 is 0 Å². The molecule has 6 nitrogen and oxygen atoms in total. The Bertz CT molecular complexity index is 862. The van der Waals surface area contributed by atoms with Gasteiger partial charge in [0.1, 0.15) is 5.78 Å². The topological polar surface area (TPSA) is 90.6 Å². The number of thiazole rings is 1. The standard InChI is InChI=1S/C15H16N4O2S/c1-9-8-17-15(22-9)16-5-4-11(20)6-10-2-3-12-13(7-10)18-19-14(12)21/h2-3,7-8H,4-6H2,1H3,(H,16,17)(H2,18,19,21). The highest BCUT2D eigenvalue weighted by atomic mass is 32.1. The predicted octanol–water partition coefficient (Wildman–Crippen LogP) is 2.23. The lowest BCUT2D eigenvalue weighted by molar-refractivity contribution is -0.118. The van der Waals surface area contributed by atoms with E-state index in [2.05, 4.69) is 20.5 Å². The fourth-order valence-corrected chi connectivity index (χ4v) is 2.95. The van der Waals surface area contributed by atoms with Crippen molar-refractivity contribution in [3.05, 3.63) is 45.2 Å². The van der Waals surface area contributed by atoms with E-state index in [9.17, 15) is 9.59 Å². The third kappa shape index (κ3) is 3.25. The summed E-state index contributed by atoms with van der Waals surface area (Å²) in [5, 5.41) is 9.93. The minimum atomic E-state index is -0.143. The number of hydrogen-bond donors (Lipinski definition) is 3. The number of aromatic nitrogens is 3. The molecular formula is C15H16N4O2S. The molecular weight excluding hydrogens is 300 g/mol. The highest BCUT2D eigenvalue weighted by molar-refractivity contribution is 7.15. The molecule has 0 fully saturated rings. The Morgan fingerprint density at radius 2 is 2.23 bits per heavy atom. The quantitative estimate of drug-likeness (QED) is 0.650. The van der Waals surface area contributed by atoms with E-state index in [1.165, 1.54) is 0 Å². The Labute approximate surface area is 130 Å². The van der Waals surface area contributed by atoms with Crippen molar-refractivity contribution in [3.63, 3.8) is 0 Å². The first kappa shape index (κ1) is 14.5. The molecule has 2 aromatic heterocycles. The molecule has 1 aromatic carbocycles. The second-order valence-corrected chi connectivity index (χ2v) is 6.36. The predicted molar refractivity (Wildman–Crippen MR) is 87.6 cm³/mol. The van der Waals surface area contributed by atoms with Crippen molar-refractivity contribution < 1.29 is 4.79 Å². The summed E-state index contributed by atoms with van der Waals surface area (Å²) in [5.74, 6) is 0.151. The summed E-state index contributed by atoms with van der Waals surface area (Å²) in [6, 6.07) is 5.40. The van der Waals surface area contributed by atoms with Gasteiger partial charge in [-0.15, -0.1) is 11.3 Å². The highest BCUT2D eigenvalue weighted by Crippen LogP contribution is 2.16. The number of fused-ring (bicyclic) bond motifs is 1. The van der Waals surface area contributed by atoms with Crippen LogP contribution >= 0.6 is 11.3 Å². The van der Waals surface area contributed by atoms with E-state index in [0.717, 1.165) is 21.1 Å². The number of benzene rings is 1. The number of carbonyl (C=O) groups excluding carboxylic acids is 1. The summed E-state index contributed by atoms with van der Waals surface area (Å²) in [5.41, 5.74) is 1.49. The molecule has 2 heterocycles. The number of Topliss-reactive ketones (excluding diaryl/α,β-unsaturated/α-hetero) is 1. The van der Waals surface area contributed by atoms with Crippen molar-refractivity contribution in [1.29, 1.82) is 0 Å². The zero-order valence-corrected chi connectivity index (χ0v) is 12.9. The molecule has 114 valence electrons. The second-order valence-electron chi connectivity index (χ2n) is 5.13. The van der Waals surface area contributed by atoms with Crippen LogP contribution in [-0.4, -0.2) is 27.5 Å². The van der Waals surface area contributed by atoms with E-state index in [1.807, 2.05) is 25.3 Å². The van der Waals surface area contributed by atoms with Crippen LogP contribution in [0.4, 0.5) is 5.13 Å². The van der Waals surface area contributed by atoms with Crippen LogP contribution in [0.25, 0.3) is 10.9 Å². The molecule has 0 unspecified atom stereocenters. The molecule has 0 aliphatic rings. The molecule has 0 saturated heterocycles. The van der Waals surface area contributed by atoms with Crippen molar-refractivity contribution in [2.45, 2.75) is 19.8 Å². The van der Waals surface area contributed by atoms with Gasteiger partial charge >= 0.3 is 0 Å². The van der Waals surface area contributed by atoms with Crippen LogP contribution < -0.4 is 10.9 Å². The van der Waals surface area contributed by atoms with Gasteiger partial charge in [0, 0.05) is 30.5 Å². The van der Waals surface area contributed by atoms with Gasteiger partial charge < -0.3 is 5.32 Å². The molecule has 0 amide bonds. The molecule has 0 spiro atoms. The highest BCUT2D eigenvalue weighted by Gasteiger charge is 2.07. The number of ketones is 1. The van der Waals surface area contributed by atoms with Crippen molar-refractivity contribution >= 4 is 33.2 Å². The van der Waals surface area contributed by atoms with Crippen LogP contribution in [-0.2, 0) is 11.2 Å². The lowest BCUT2D eigenvalue weighted by Gasteiger charge is -2.03. The van der Waals surface area contributed by atoms with Crippen LogP contribution in [0.3, 0.4) is 0 Å². The Hall–Kier alpha value is -2.41. The molecule has 3 aromatic rings. The van der Waals surface area contributed by atoms with Crippen LogP contribution in [0.5, 0.6) is 0 Å². The van der Waals surface area contributed by atoms with Crippen LogP contribution in [0.15, 0.2) is 29.2 Å². The van der Waals surface area contributed by atoms with Crippen LogP contribution in [0.1, 0.15) is 16.9 Å². The van der Waals surface area contributed by atoms with Crippen molar-refractivity contribution in [2.75, 3.05) is 11.9 Å². The SMILES string of the molecule is Cc1cnc(NCCC(=O)Cc2ccc3c(=O)[nH][nH]c3c2)s1. The van der Waals surface area contributed by atoms with Gasteiger partial charge in [-0.3, -0.25) is 19.8 Å². The van der Waals surface area contributed by atoms with Gasteiger partial charge in [-0.25, -0.2) is 4.98 Å². The summed E-state index contributed by atoms with van der Waals surface area (Å²) in [7, 11) is 0. The smallest absolute Gasteiger partial charge is 0.271 e. The molecule has 0 bridgehead atoms. The molecule has 0 saturated carbocycles. The Balaban J connectivity index is 1.55. The first-order chi connectivity index (χ1) is 10.6. The third-order valence-corrected chi connectivity index (χ3v) is 4.21. The maximum Gasteiger partial charge on any atom is 0.271 e. The molecule has 22 heavy (non-hydrogen) atoms.